The van der Waals surface area contributed by atoms with Crippen molar-refractivity contribution in [2.45, 2.75) is 32.9 Å². The molecule has 0 saturated carbocycles. The molecule has 1 aromatic rings. The van der Waals surface area contributed by atoms with E-state index in [2.05, 4.69) is 0 Å². The van der Waals surface area contributed by atoms with E-state index in [4.69, 9.17) is 0 Å². The Hall–Kier alpha value is -2.62. The van der Waals surface area contributed by atoms with Gasteiger partial charge in [-0.05, 0) is 31.0 Å². The van der Waals surface area contributed by atoms with E-state index >= 15 is 0 Å². The van der Waals surface area contributed by atoms with Crippen LogP contribution in [0.1, 0.15) is 42.6 Å². The summed E-state index contributed by atoms with van der Waals surface area (Å²) in [5.41, 5.74) is -2.00. The number of alkyl halides is 3. The Kier molecular flexibility index (Phi) is 4.41. The highest BCUT2D eigenvalue weighted by atomic mass is 19.4. The van der Waals surface area contributed by atoms with Gasteiger partial charge < -0.3 is 4.90 Å². The average molecular weight is 376 g/mol. The van der Waals surface area contributed by atoms with Gasteiger partial charge >= 0.3 is 6.18 Å². The van der Waals surface area contributed by atoms with Crippen molar-refractivity contribution in [1.82, 2.24) is 4.90 Å². The van der Waals surface area contributed by atoms with E-state index in [1.54, 1.807) is 19.9 Å². The molecule has 1 spiro atoms. The molecule has 1 aliphatic heterocycles. The molecular formula is C20H19F3N2O2. The van der Waals surface area contributed by atoms with Crippen LogP contribution in [0.4, 0.5) is 13.2 Å². The van der Waals surface area contributed by atoms with Crippen LogP contribution in [0.2, 0.25) is 0 Å². The van der Waals surface area contributed by atoms with Crippen molar-refractivity contribution in [3.8, 4) is 6.07 Å². The fourth-order valence-electron chi connectivity index (χ4n) is 4.17. The standard InChI is InChI=1S/C20H19F3N2O2/c1-18(2)11-19(9-14(10-24)16(18)26)6-7-25(12-19)17(27)13-4-3-5-15(8-13)20(21,22)23/h3-5,8-9H,6-7,11-12H2,1-2H3/t19-/m1/s1. The minimum atomic E-state index is -4.51. The van der Waals surface area contributed by atoms with Gasteiger partial charge in [0.2, 0.25) is 0 Å². The van der Waals surface area contributed by atoms with Crippen molar-refractivity contribution < 1.29 is 22.8 Å². The number of likely N-dealkylation sites (tertiary alicyclic amines) is 1. The second-order valence-electron chi connectivity index (χ2n) is 7.98. The first kappa shape index (κ1) is 19.2. The number of ketones is 1. The third-order valence-electron chi connectivity index (χ3n) is 5.33. The first-order chi connectivity index (χ1) is 12.5. The van der Waals surface area contributed by atoms with Crippen molar-refractivity contribution in [2.24, 2.45) is 10.8 Å². The Morgan fingerprint density at radius 3 is 2.63 bits per heavy atom. The van der Waals surface area contributed by atoms with E-state index in [-0.39, 0.29) is 23.5 Å². The van der Waals surface area contributed by atoms with Crippen LogP contribution in [0.3, 0.4) is 0 Å². The molecule has 0 N–H and O–H groups in total. The fraction of sp³-hybridized carbons (Fsp3) is 0.450. The molecule has 0 aromatic heterocycles. The largest absolute Gasteiger partial charge is 0.416 e. The number of hydrogen-bond acceptors (Lipinski definition) is 3. The molecule has 1 aromatic carbocycles. The number of nitriles is 1. The van der Waals surface area contributed by atoms with Gasteiger partial charge in [0.15, 0.2) is 5.78 Å². The number of allylic oxidation sites excluding steroid dienone is 1. The predicted molar refractivity (Wildman–Crippen MR) is 91.5 cm³/mol. The second-order valence-corrected chi connectivity index (χ2v) is 7.98. The molecule has 1 aliphatic carbocycles. The molecule has 3 rings (SSSR count). The third kappa shape index (κ3) is 3.48. The maximum atomic E-state index is 12.9. The van der Waals surface area contributed by atoms with Crippen LogP contribution in [-0.2, 0) is 11.0 Å². The van der Waals surface area contributed by atoms with Crippen molar-refractivity contribution >= 4 is 11.7 Å². The van der Waals surface area contributed by atoms with Crippen LogP contribution in [0.15, 0.2) is 35.9 Å². The topological polar surface area (TPSA) is 61.2 Å². The summed E-state index contributed by atoms with van der Waals surface area (Å²) in [5.74, 6) is -0.683. The summed E-state index contributed by atoms with van der Waals surface area (Å²) in [4.78, 5) is 26.6. The molecule has 0 unspecified atom stereocenters. The van der Waals surface area contributed by atoms with E-state index in [0.717, 1.165) is 12.1 Å². The molecule has 1 heterocycles. The molecule has 0 radical (unpaired) electrons. The lowest BCUT2D eigenvalue weighted by Crippen LogP contribution is -2.40. The van der Waals surface area contributed by atoms with Crippen LogP contribution < -0.4 is 0 Å². The zero-order valence-electron chi connectivity index (χ0n) is 15.1. The molecule has 1 fully saturated rings. The Morgan fingerprint density at radius 2 is 2.00 bits per heavy atom. The quantitative estimate of drug-likeness (QED) is 0.745. The lowest BCUT2D eigenvalue weighted by molar-refractivity contribution is -0.137. The van der Waals surface area contributed by atoms with E-state index in [0.29, 0.717) is 19.4 Å². The van der Waals surface area contributed by atoms with E-state index < -0.39 is 28.5 Å². The molecule has 142 valence electrons. The number of carbonyl (C=O) groups is 2. The summed E-state index contributed by atoms with van der Waals surface area (Å²) in [6, 6.07) is 6.32. The number of Topliss-reactive ketones (excluding diaryl/α,β-unsaturated/α-hetero) is 1. The Labute approximate surface area is 155 Å². The Balaban J connectivity index is 1.86. The van der Waals surface area contributed by atoms with Crippen LogP contribution in [0, 0.1) is 22.2 Å². The molecule has 1 amide bonds. The van der Waals surface area contributed by atoms with Gasteiger partial charge in [-0.1, -0.05) is 26.0 Å². The molecule has 1 atom stereocenters. The molecule has 2 aliphatic rings. The minimum absolute atomic E-state index is 0.0162. The van der Waals surface area contributed by atoms with Gasteiger partial charge in [-0.25, -0.2) is 0 Å². The summed E-state index contributed by atoms with van der Waals surface area (Å²) in [6.45, 7) is 4.20. The van der Waals surface area contributed by atoms with E-state index in [9.17, 15) is 28.0 Å². The molecule has 4 nitrogen and oxygen atoms in total. The van der Waals surface area contributed by atoms with Crippen molar-refractivity contribution in [2.75, 3.05) is 13.1 Å². The second kappa shape index (κ2) is 6.22. The fourth-order valence-corrected chi connectivity index (χ4v) is 4.17. The molecular weight excluding hydrogens is 357 g/mol. The highest BCUT2D eigenvalue weighted by Crippen LogP contribution is 2.48. The highest BCUT2D eigenvalue weighted by molar-refractivity contribution is 6.04. The zero-order chi connectivity index (χ0) is 20.0. The average Bonchev–Trinajstić information content (AvgIpc) is 2.99. The Bertz CT molecular complexity index is 880. The number of halogens is 3. The normalized spacial score (nSPS) is 24.7. The van der Waals surface area contributed by atoms with Crippen LogP contribution >= 0.6 is 0 Å². The molecule has 27 heavy (non-hydrogen) atoms. The Morgan fingerprint density at radius 1 is 1.30 bits per heavy atom. The van der Waals surface area contributed by atoms with Gasteiger partial charge in [0, 0.05) is 29.5 Å². The van der Waals surface area contributed by atoms with E-state index in [1.807, 2.05) is 6.07 Å². The number of rotatable bonds is 1. The third-order valence-corrected chi connectivity index (χ3v) is 5.33. The van der Waals surface area contributed by atoms with Crippen molar-refractivity contribution in [3.05, 3.63) is 47.0 Å². The molecule has 0 bridgehead atoms. The minimum Gasteiger partial charge on any atom is -0.338 e. The maximum Gasteiger partial charge on any atom is 0.416 e. The van der Waals surface area contributed by atoms with Gasteiger partial charge in [0.25, 0.3) is 5.91 Å². The lowest BCUT2D eigenvalue weighted by atomic mass is 9.64. The first-order valence-electron chi connectivity index (χ1n) is 8.62. The van der Waals surface area contributed by atoms with Gasteiger partial charge in [-0.15, -0.1) is 0 Å². The van der Waals surface area contributed by atoms with Crippen molar-refractivity contribution in [3.63, 3.8) is 0 Å². The van der Waals surface area contributed by atoms with Crippen molar-refractivity contribution in [1.29, 1.82) is 5.26 Å². The lowest BCUT2D eigenvalue weighted by Gasteiger charge is -2.38. The number of amides is 1. The van der Waals surface area contributed by atoms with Crippen LogP contribution in [-0.4, -0.2) is 29.7 Å². The summed E-state index contributed by atoms with van der Waals surface area (Å²) >= 11 is 0. The SMILES string of the molecule is CC1(C)C[C@]2(C=C(C#N)C1=O)CCN(C(=O)c1cccc(C(F)(F)F)c1)C2. The van der Waals surface area contributed by atoms with Gasteiger partial charge in [0.05, 0.1) is 11.1 Å². The maximum absolute atomic E-state index is 12.9. The number of benzene rings is 1. The summed E-state index contributed by atoms with van der Waals surface area (Å²) in [6.07, 6.45) is -1.79. The number of nitrogens with zero attached hydrogens (tertiary/aromatic N) is 2. The first-order valence-corrected chi connectivity index (χ1v) is 8.62. The smallest absolute Gasteiger partial charge is 0.338 e. The summed E-state index contributed by atoms with van der Waals surface area (Å²) in [5, 5.41) is 9.27. The van der Waals surface area contributed by atoms with E-state index in [1.165, 1.54) is 17.0 Å². The molecule has 1 saturated heterocycles. The summed E-state index contributed by atoms with van der Waals surface area (Å²) < 4.78 is 38.7. The summed E-state index contributed by atoms with van der Waals surface area (Å²) in [7, 11) is 0. The van der Waals surface area contributed by atoms with Crippen LogP contribution in [0.5, 0.6) is 0 Å². The van der Waals surface area contributed by atoms with Gasteiger partial charge in [-0.3, -0.25) is 9.59 Å². The van der Waals surface area contributed by atoms with Gasteiger partial charge in [-0.2, -0.15) is 18.4 Å². The molecule has 7 heteroatoms. The van der Waals surface area contributed by atoms with Gasteiger partial charge in [0.1, 0.15) is 6.07 Å². The zero-order valence-corrected chi connectivity index (χ0v) is 15.1. The predicted octanol–water partition coefficient (Wildman–Crippen LogP) is 3.99. The number of hydrogen-bond donors (Lipinski definition) is 0. The highest BCUT2D eigenvalue weighted by Gasteiger charge is 2.49. The van der Waals surface area contributed by atoms with Crippen LogP contribution in [0.25, 0.3) is 0 Å². The monoisotopic (exact) mass is 376 g/mol. The number of carbonyl (C=O) groups excluding carboxylic acids is 2.